The number of hydrogen-bond acceptors (Lipinski definition) is 4. The highest BCUT2D eigenvalue weighted by atomic mass is 32.1. The van der Waals surface area contributed by atoms with Gasteiger partial charge < -0.3 is 20.5 Å². The van der Waals surface area contributed by atoms with Crippen LogP contribution in [0.3, 0.4) is 0 Å². The zero-order chi connectivity index (χ0) is 16.5. The van der Waals surface area contributed by atoms with Crippen LogP contribution in [0.1, 0.15) is 22.1 Å². The molecule has 6 heteroatoms. The molecule has 0 radical (unpaired) electrons. The van der Waals surface area contributed by atoms with Crippen molar-refractivity contribution < 1.29 is 14.6 Å². The molecule has 0 saturated carbocycles. The van der Waals surface area contributed by atoms with Gasteiger partial charge in [0.1, 0.15) is 0 Å². The lowest BCUT2D eigenvalue weighted by Crippen LogP contribution is -2.37. The number of aryl methyl sites for hydroxylation is 1. The maximum absolute atomic E-state index is 11.9. The van der Waals surface area contributed by atoms with Crippen molar-refractivity contribution >= 4 is 17.4 Å². The van der Waals surface area contributed by atoms with Crippen LogP contribution in [0.15, 0.2) is 41.8 Å². The maximum atomic E-state index is 11.9. The van der Waals surface area contributed by atoms with Crippen molar-refractivity contribution in [2.45, 2.75) is 19.6 Å². The number of carbonyl (C=O) groups is 1. The average Bonchev–Trinajstić information content (AvgIpc) is 3.07. The van der Waals surface area contributed by atoms with Gasteiger partial charge in [-0.15, -0.1) is 11.3 Å². The molecule has 2 aromatic rings. The summed E-state index contributed by atoms with van der Waals surface area (Å²) in [5, 5.41) is 16.6. The van der Waals surface area contributed by atoms with Crippen LogP contribution in [-0.2, 0) is 11.3 Å². The van der Waals surface area contributed by atoms with E-state index in [1.807, 2.05) is 48.7 Å². The molecule has 0 bridgehead atoms. The first-order valence-corrected chi connectivity index (χ1v) is 8.40. The molecule has 23 heavy (non-hydrogen) atoms. The predicted molar refractivity (Wildman–Crippen MR) is 91.5 cm³/mol. The fourth-order valence-corrected chi connectivity index (χ4v) is 2.72. The molecule has 0 saturated heterocycles. The summed E-state index contributed by atoms with van der Waals surface area (Å²) in [5.74, 6) is 0. The van der Waals surface area contributed by atoms with Crippen LogP contribution in [-0.4, -0.2) is 30.9 Å². The molecule has 0 aliphatic rings. The molecule has 0 spiro atoms. The van der Waals surface area contributed by atoms with Crippen LogP contribution in [0.25, 0.3) is 0 Å². The molecule has 2 rings (SSSR count). The smallest absolute Gasteiger partial charge is 0.315 e. The largest absolute Gasteiger partial charge is 0.394 e. The molecule has 124 valence electrons. The average molecular weight is 334 g/mol. The topological polar surface area (TPSA) is 70.6 Å². The summed E-state index contributed by atoms with van der Waals surface area (Å²) in [7, 11) is 0. The monoisotopic (exact) mass is 334 g/mol. The molecule has 0 fully saturated rings. The Labute approximate surface area is 140 Å². The highest BCUT2D eigenvalue weighted by Gasteiger charge is 2.13. The highest BCUT2D eigenvalue weighted by molar-refractivity contribution is 7.09. The minimum absolute atomic E-state index is 0.0487. The number of ether oxygens (including phenoxy) is 1. The minimum atomic E-state index is -0.282. The first-order chi connectivity index (χ1) is 11.2. The molecule has 1 aromatic carbocycles. The van der Waals surface area contributed by atoms with Crippen molar-refractivity contribution in [1.29, 1.82) is 0 Å². The van der Waals surface area contributed by atoms with E-state index in [9.17, 15) is 4.79 Å². The zero-order valence-corrected chi connectivity index (χ0v) is 13.9. The van der Waals surface area contributed by atoms with E-state index in [1.54, 1.807) is 11.3 Å². The molecule has 0 aliphatic carbocycles. The molecule has 2 amide bonds. The summed E-state index contributed by atoms with van der Waals surface area (Å²) in [4.78, 5) is 13.0. The number of aliphatic hydroxyl groups excluding tert-OH is 1. The fraction of sp³-hybridized carbons (Fsp3) is 0.353. The van der Waals surface area contributed by atoms with Crippen LogP contribution in [0.4, 0.5) is 4.79 Å². The maximum Gasteiger partial charge on any atom is 0.315 e. The summed E-state index contributed by atoms with van der Waals surface area (Å²) in [6.45, 7) is 3.06. The highest BCUT2D eigenvalue weighted by Crippen LogP contribution is 2.17. The number of hydrogen-bond donors (Lipinski definition) is 3. The molecular formula is C17H22N2O3S. The van der Waals surface area contributed by atoms with Gasteiger partial charge in [-0.1, -0.05) is 35.9 Å². The SMILES string of the molecule is Cc1ccc([C@@H](CNC(=O)NCc2cccs2)OCCO)cc1. The van der Waals surface area contributed by atoms with Gasteiger partial charge in [-0.3, -0.25) is 0 Å². The van der Waals surface area contributed by atoms with E-state index in [0.29, 0.717) is 13.1 Å². The number of amides is 2. The van der Waals surface area contributed by atoms with E-state index in [2.05, 4.69) is 10.6 Å². The number of carbonyl (C=O) groups excluding carboxylic acids is 1. The van der Waals surface area contributed by atoms with Gasteiger partial charge in [-0.2, -0.15) is 0 Å². The molecule has 1 heterocycles. The summed E-state index contributed by atoms with van der Waals surface area (Å²) < 4.78 is 5.63. The van der Waals surface area contributed by atoms with Gasteiger partial charge in [0.15, 0.2) is 0 Å². The van der Waals surface area contributed by atoms with Gasteiger partial charge in [0.2, 0.25) is 0 Å². The Hall–Kier alpha value is -1.89. The zero-order valence-electron chi connectivity index (χ0n) is 13.1. The normalized spacial score (nSPS) is 11.9. The van der Waals surface area contributed by atoms with E-state index in [4.69, 9.17) is 9.84 Å². The van der Waals surface area contributed by atoms with Gasteiger partial charge in [0.25, 0.3) is 0 Å². The molecular weight excluding hydrogens is 312 g/mol. The van der Waals surface area contributed by atoms with Gasteiger partial charge >= 0.3 is 6.03 Å². The second kappa shape index (κ2) is 9.29. The van der Waals surface area contributed by atoms with E-state index in [1.165, 1.54) is 0 Å². The number of nitrogens with one attached hydrogen (secondary N) is 2. The minimum Gasteiger partial charge on any atom is -0.394 e. The van der Waals surface area contributed by atoms with Crippen LogP contribution in [0.2, 0.25) is 0 Å². The third-order valence-electron chi connectivity index (χ3n) is 3.31. The number of aliphatic hydroxyl groups is 1. The van der Waals surface area contributed by atoms with Crippen LogP contribution in [0, 0.1) is 6.92 Å². The Kier molecular flexibility index (Phi) is 7.06. The Balaban J connectivity index is 1.84. The molecule has 1 atom stereocenters. The Morgan fingerprint density at radius 1 is 1.26 bits per heavy atom. The lowest BCUT2D eigenvalue weighted by atomic mass is 10.1. The number of urea groups is 1. The summed E-state index contributed by atoms with van der Waals surface area (Å²) >= 11 is 1.60. The van der Waals surface area contributed by atoms with Crippen molar-refractivity contribution in [3.8, 4) is 0 Å². The van der Waals surface area contributed by atoms with Gasteiger partial charge in [-0.05, 0) is 23.9 Å². The second-order valence-electron chi connectivity index (χ2n) is 5.14. The predicted octanol–water partition coefficient (Wildman–Crippen LogP) is 2.61. The third kappa shape index (κ3) is 6.02. The van der Waals surface area contributed by atoms with Gasteiger partial charge in [0.05, 0.1) is 25.9 Å². The van der Waals surface area contributed by atoms with E-state index in [-0.39, 0.29) is 25.3 Å². The molecule has 0 unspecified atom stereocenters. The third-order valence-corrected chi connectivity index (χ3v) is 4.19. The van der Waals surface area contributed by atoms with Crippen molar-refractivity contribution in [1.82, 2.24) is 10.6 Å². The lowest BCUT2D eigenvalue weighted by Gasteiger charge is -2.19. The van der Waals surface area contributed by atoms with Crippen LogP contribution >= 0.6 is 11.3 Å². The van der Waals surface area contributed by atoms with Crippen molar-refractivity contribution in [3.63, 3.8) is 0 Å². The summed E-state index contributed by atoms with van der Waals surface area (Å²) in [6, 6.07) is 11.7. The van der Waals surface area contributed by atoms with E-state index >= 15 is 0 Å². The number of thiophene rings is 1. The fourth-order valence-electron chi connectivity index (χ4n) is 2.08. The first kappa shape index (κ1) is 17.5. The Morgan fingerprint density at radius 3 is 2.70 bits per heavy atom. The lowest BCUT2D eigenvalue weighted by molar-refractivity contribution is 0.0294. The second-order valence-corrected chi connectivity index (χ2v) is 6.17. The van der Waals surface area contributed by atoms with Crippen molar-refractivity contribution in [2.24, 2.45) is 0 Å². The van der Waals surface area contributed by atoms with Crippen LogP contribution < -0.4 is 10.6 Å². The molecule has 0 aliphatic heterocycles. The van der Waals surface area contributed by atoms with Gasteiger partial charge in [0, 0.05) is 11.4 Å². The van der Waals surface area contributed by atoms with Crippen molar-refractivity contribution in [2.75, 3.05) is 19.8 Å². The summed E-state index contributed by atoms with van der Waals surface area (Å²) in [6.07, 6.45) is -0.282. The quantitative estimate of drug-likeness (QED) is 0.695. The first-order valence-electron chi connectivity index (χ1n) is 7.52. The Bertz CT molecular complexity index is 584. The van der Waals surface area contributed by atoms with Crippen molar-refractivity contribution in [3.05, 3.63) is 57.8 Å². The van der Waals surface area contributed by atoms with Gasteiger partial charge in [-0.25, -0.2) is 4.79 Å². The summed E-state index contributed by atoms with van der Waals surface area (Å²) in [5.41, 5.74) is 2.14. The Morgan fingerprint density at radius 2 is 2.04 bits per heavy atom. The van der Waals surface area contributed by atoms with E-state index < -0.39 is 0 Å². The standard InChI is InChI=1S/C17H22N2O3S/c1-13-4-6-14(7-5-13)16(22-9-8-20)12-19-17(21)18-11-15-3-2-10-23-15/h2-7,10,16,20H,8-9,11-12H2,1H3,(H2,18,19,21)/t16-/m1/s1. The van der Waals surface area contributed by atoms with Crippen LogP contribution in [0.5, 0.6) is 0 Å². The molecule has 3 N–H and O–H groups in total. The molecule has 5 nitrogen and oxygen atoms in total. The van der Waals surface area contributed by atoms with E-state index in [0.717, 1.165) is 16.0 Å². The molecule has 1 aromatic heterocycles. The number of benzene rings is 1. The number of rotatable bonds is 8.